The third-order valence-electron chi connectivity index (χ3n) is 4.38. The summed E-state index contributed by atoms with van der Waals surface area (Å²) in [6, 6.07) is 7.53. The van der Waals surface area contributed by atoms with Gasteiger partial charge in [-0.1, -0.05) is 0 Å². The van der Waals surface area contributed by atoms with Gasteiger partial charge in [0.1, 0.15) is 11.4 Å². The fourth-order valence-electron chi connectivity index (χ4n) is 2.76. The number of anilines is 1. The van der Waals surface area contributed by atoms with Crippen molar-refractivity contribution < 1.29 is 14.3 Å². The Morgan fingerprint density at radius 2 is 1.96 bits per heavy atom. The van der Waals surface area contributed by atoms with Crippen LogP contribution in [0.25, 0.3) is 0 Å². The van der Waals surface area contributed by atoms with Crippen LogP contribution in [0.4, 0.5) is 5.69 Å². The van der Waals surface area contributed by atoms with E-state index in [2.05, 4.69) is 24.3 Å². The summed E-state index contributed by atoms with van der Waals surface area (Å²) in [6.07, 6.45) is 3.10. The topological polar surface area (TPSA) is 50.8 Å². The van der Waals surface area contributed by atoms with Crippen LogP contribution in [0.3, 0.4) is 0 Å². The number of nitrogens with zero attached hydrogens (tertiary/aromatic N) is 1. The Bertz CT molecular complexity index is 526. The average Bonchev–Trinajstić information content (AvgIpc) is 3.38. The van der Waals surface area contributed by atoms with Crippen molar-refractivity contribution in [2.24, 2.45) is 5.92 Å². The number of nitrogens with one attached hydrogen (secondary N) is 1. The van der Waals surface area contributed by atoms with Gasteiger partial charge >= 0.3 is 0 Å². The summed E-state index contributed by atoms with van der Waals surface area (Å²) in [5.41, 5.74) is 0.0445. The Hall–Kier alpha value is -1.59. The minimum Gasteiger partial charge on any atom is -0.494 e. The molecule has 1 aliphatic carbocycles. The Balaban J connectivity index is 1.85. The van der Waals surface area contributed by atoms with Crippen molar-refractivity contribution in [3.63, 3.8) is 0 Å². The lowest BCUT2D eigenvalue weighted by molar-refractivity contribution is -0.141. The van der Waals surface area contributed by atoms with Gasteiger partial charge < -0.3 is 19.7 Å². The molecule has 0 heterocycles. The molecule has 0 bridgehead atoms. The highest BCUT2D eigenvalue weighted by atomic mass is 16.5. The maximum absolute atomic E-state index is 12.6. The SMILES string of the molecule is CCO[C@](C)(C(=O)Nc1ccc(OCCCN(C)C)cc1)C1CC1. The van der Waals surface area contributed by atoms with Crippen LogP contribution in [0.15, 0.2) is 24.3 Å². The van der Waals surface area contributed by atoms with Gasteiger partial charge in [0.05, 0.1) is 6.61 Å². The smallest absolute Gasteiger partial charge is 0.256 e. The second kappa shape index (κ2) is 8.49. The summed E-state index contributed by atoms with van der Waals surface area (Å²) in [5, 5.41) is 2.97. The van der Waals surface area contributed by atoms with Crippen LogP contribution in [-0.2, 0) is 9.53 Å². The highest BCUT2D eigenvalue weighted by Gasteiger charge is 2.48. The van der Waals surface area contributed by atoms with E-state index in [4.69, 9.17) is 9.47 Å². The number of hydrogen-bond acceptors (Lipinski definition) is 4. The standard InChI is InChI=1S/C19H30N2O3/c1-5-24-19(2,15-7-8-15)18(22)20-16-9-11-17(12-10-16)23-14-6-13-21(3)4/h9-12,15H,5-8,13-14H2,1-4H3,(H,20,22)/t19-/m0/s1. The number of benzene rings is 1. The van der Waals surface area contributed by atoms with Crippen molar-refractivity contribution in [1.29, 1.82) is 0 Å². The van der Waals surface area contributed by atoms with E-state index >= 15 is 0 Å². The predicted octanol–water partition coefficient (Wildman–Crippen LogP) is 3.16. The minimum absolute atomic E-state index is 0.0634. The van der Waals surface area contributed by atoms with E-state index in [0.717, 1.165) is 37.2 Å². The first-order valence-electron chi connectivity index (χ1n) is 8.78. The molecule has 1 amide bonds. The average molecular weight is 334 g/mol. The monoisotopic (exact) mass is 334 g/mol. The first kappa shape index (κ1) is 18.7. The highest BCUT2D eigenvalue weighted by molar-refractivity contribution is 5.97. The Morgan fingerprint density at radius 1 is 1.29 bits per heavy atom. The number of hydrogen-bond donors (Lipinski definition) is 1. The van der Waals surface area contributed by atoms with E-state index in [1.807, 2.05) is 38.1 Å². The zero-order valence-corrected chi connectivity index (χ0v) is 15.3. The summed E-state index contributed by atoms with van der Waals surface area (Å²) >= 11 is 0. The molecule has 0 aliphatic heterocycles. The quantitative estimate of drug-likeness (QED) is 0.668. The van der Waals surface area contributed by atoms with Crippen LogP contribution in [0.5, 0.6) is 5.75 Å². The van der Waals surface area contributed by atoms with Crippen LogP contribution >= 0.6 is 0 Å². The second-order valence-electron chi connectivity index (χ2n) is 6.80. The van der Waals surface area contributed by atoms with Crippen LogP contribution < -0.4 is 10.1 Å². The molecule has 1 atom stereocenters. The zero-order chi connectivity index (χ0) is 17.6. The molecule has 0 aromatic heterocycles. The minimum atomic E-state index is -0.726. The Labute approximate surface area is 145 Å². The first-order chi connectivity index (χ1) is 11.5. The molecular formula is C19H30N2O3. The number of ether oxygens (including phenoxy) is 2. The molecule has 0 unspecified atom stereocenters. The van der Waals surface area contributed by atoms with Crippen LogP contribution in [0.1, 0.15) is 33.1 Å². The number of carbonyl (C=O) groups is 1. The molecule has 24 heavy (non-hydrogen) atoms. The van der Waals surface area contributed by atoms with Gasteiger partial charge in [0.15, 0.2) is 0 Å². The molecule has 0 radical (unpaired) electrons. The molecule has 1 N–H and O–H groups in total. The van der Waals surface area contributed by atoms with Crippen molar-refractivity contribution in [3.05, 3.63) is 24.3 Å². The molecule has 134 valence electrons. The van der Waals surface area contributed by atoms with Gasteiger partial charge in [-0.25, -0.2) is 0 Å². The second-order valence-corrected chi connectivity index (χ2v) is 6.80. The van der Waals surface area contributed by atoms with E-state index in [1.54, 1.807) is 0 Å². The van der Waals surface area contributed by atoms with Crippen molar-refractivity contribution in [2.75, 3.05) is 39.2 Å². The predicted molar refractivity (Wildman–Crippen MR) is 96.5 cm³/mol. The van der Waals surface area contributed by atoms with Gasteiger partial charge in [-0.15, -0.1) is 0 Å². The summed E-state index contributed by atoms with van der Waals surface area (Å²) < 4.78 is 11.5. The maximum atomic E-state index is 12.6. The lowest BCUT2D eigenvalue weighted by Gasteiger charge is -2.28. The molecule has 1 aromatic rings. The summed E-state index contributed by atoms with van der Waals surface area (Å²) in [5.74, 6) is 1.09. The number of carbonyl (C=O) groups excluding carboxylic acids is 1. The van der Waals surface area contributed by atoms with Crippen molar-refractivity contribution in [2.45, 2.75) is 38.7 Å². The van der Waals surface area contributed by atoms with Gasteiger partial charge in [-0.3, -0.25) is 4.79 Å². The lowest BCUT2D eigenvalue weighted by Crippen LogP contribution is -2.44. The van der Waals surface area contributed by atoms with E-state index in [-0.39, 0.29) is 5.91 Å². The summed E-state index contributed by atoms with van der Waals surface area (Å²) in [4.78, 5) is 14.7. The zero-order valence-electron chi connectivity index (χ0n) is 15.3. The van der Waals surface area contributed by atoms with Crippen molar-refractivity contribution in [3.8, 4) is 5.75 Å². The molecule has 1 aromatic carbocycles. The Kier molecular flexibility index (Phi) is 6.63. The normalized spacial score (nSPS) is 16.7. The molecule has 1 saturated carbocycles. The van der Waals surface area contributed by atoms with Gasteiger partial charge in [0.2, 0.25) is 0 Å². The summed E-state index contributed by atoms with van der Waals surface area (Å²) in [6.45, 7) is 6.06. The molecule has 2 rings (SSSR count). The molecule has 0 spiro atoms. The van der Waals surface area contributed by atoms with Gasteiger partial charge in [-0.05, 0) is 77.4 Å². The first-order valence-corrected chi connectivity index (χ1v) is 8.78. The number of rotatable bonds is 10. The fourth-order valence-corrected chi connectivity index (χ4v) is 2.76. The maximum Gasteiger partial charge on any atom is 0.256 e. The number of amides is 1. The third kappa shape index (κ3) is 5.21. The van der Waals surface area contributed by atoms with Crippen LogP contribution in [0, 0.1) is 5.92 Å². The largest absolute Gasteiger partial charge is 0.494 e. The molecule has 5 heteroatoms. The van der Waals surface area contributed by atoms with Crippen molar-refractivity contribution in [1.82, 2.24) is 4.90 Å². The molecular weight excluding hydrogens is 304 g/mol. The van der Waals surface area contributed by atoms with E-state index in [9.17, 15) is 4.79 Å². The van der Waals surface area contributed by atoms with Crippen LogP contribution in [-0.4, -0.2) is 50.3 Å². The van der Waals surface area contributed by atoms with Gasteiger partial charge in [0.25, 0.3) is 5.91 Å². The van der Waals surface area contributed by atoms with E-state index in [1.165, 1.54) is 0 Å². The molecule has 5 nitrogen and oxygen atoms in total. The van der Waals surface area contributed by atoms with E-state index < -0.39 is 5.60 Å². The van der Waals surface area contributed by atoms with E-state index in [0.29, 0.717) is 19.1 Å². The van der Waals surface area contributed by atoms with Gasteiger partial charge in [0, 0.05) is 18.8 Å². The Morgan fingerprint density at radius 3 is 2.50 bits per heavy atom. The fraction of sp³-hybridized carbons (Fsp3) is 0.632. The highest BCUT2D eigenvalue weighted by Crippen LogP contribution is 2.42. The third-order valence-corrected chi connectivity index (χ3v) is 4.38. The van der Waals surface area contributed by atoms with Crippen LogP contribution in [0.2, 0.25) is 0 Å². The molecule has 0 saturated heterocycles. The molecule has 1 aliphatic rings. The lowest BCUT2D eigenvalue weighted by atomic mass is 9.99. The van der Waals surface area contributed by atoms with Crippen molar-refractivity contribution >= 4 is 11.6 Å². The summed E-state index contributed by atoms with van der Waals surface area (Å²) in [7, 11) is 4.10. The molecule has 1 fully saturated rings. The van der Waals surface area contributed by atoms with Gasteiger partial charge in [-0.2, -0.15) is 0 Å².